The summed E-state index contributed by atoms with van der Waals surface area (Å²) >= 11 is 3.50. The van der Waals surface area contributed by atoms with Gasteiger partial charge in [0, 0.05) is 15.4 Å². The predicted octanol–water partition coefficient (Wildman–Crippen LogP) is 6.46. The minimum Gasteiger partial charge on any atom is -0.493 e. The Kier molecular flexibility index (Phi) is 5.26. The van der Waals surface area contributed by atoms with Gasteiger partial charge in [0.2, 0.25) is 0 Å². The molecule has 0 aliphatic rings. The minimum absolute atomic E-state index is 0.479. The molecule has 28 heavy (non-hydrogen) atoms. The zero-order valence-electron chi connectivity index (χ0n) is 15.6. The first-order valence-electron chi connectivity index (χ1n) is 8.80. The van der Waals surface area contributed by atoms with Crippen molar-refractivity contribution in [3.63, 3.8) is 0 Å². The Labute approximate surface area is 171 Å². The molecule has 0 spiro atoms. The molecule has 0 N–H and O–H groups in total. The second-order valence-electron chi connectivity index (χ2n) is 6.28. The molecule has 4 aromatic rings. The molecule has 5 heteroatoms. The molecule has 1 heterocycles. The Hall–Kier alpha value is -2.92. The standard InChI is InChI=1S/C23H19BrO4/c1-25-21-11-16(8-9-19(21)27-14-15-6-4-3-5-7-15)20-12-17-10-18(24)13-22(26-2)23(17)28-20/h3-13H,14H2,1-2H3. The highest BCUT2D eigenvalue weighted by Gasteiger charge is 2.14. The number of furan rings is 1. The van der Waals surface area contributed by atoms with Gasteiger partial charge in [-0.3, -0.25) is 0 Å². The van der Waals surface area contributed by atoms with E-state index in [0.717, 1.165) is 26.7 Å². The third-order valence-electron chi connectivity index (χ3n) is 4.45. The molecule has 3 aromatic carbocycles. The normalized spacial score (nSPS) is 10.8. The Morgan fingerprint density at radius 3 is 2.36 bits per heavy atom. The lowest BCUT2D eigenvalue weighted by molar-refractivity contribution is 0.284. The fraction of sp³-hybridized carbons (Fsp3) is 0.130. The molecule has 0 saturated heterocycles. The Morgan fingerprint density at radius 1 is 0.821 bits per heavy atom. The first-order chi connectivity index (χ1) is 13.7. The van der Waals surface area contributed by atoms with Crippen LogP contribution >= 0.6 is 15.9 Å². The van der Waals surface area contributed by atoms with Crippen LogP contribution in [-0.2, 0) is 6.61 Å². The molecule has 0 amide bonds. The van der Waals surface area contributed by atoms with Crippen LogP contribution in [0.25, 0.3) is 22.3 Å². The number of hydrogen-bond donors (Lipinski definition) is 0. The molecule has 1 aromatic heterocycles. The van der Waals surface area contributed by atoms with Crippen molar-refractivity contribution in [3.05, 3.63) is 76.8 Å². The van der Waals surface area contributed by atoms with E-state index < -0.39 is 0 Å². The van der Waals surface area contributed by atoms with E-state index in [1.54, 1.807) is 14.2 Å². The lowest BCUT2D eigenvalue weighted by Gasteiger charge is -2.11. The van der Waals surface area contributed by atoms with Crippen molar-refractivity contribution >= 4 is 26.9 Å². The van der Waals surface area contributed by atoms with E-state index in [-0.39, 0.29) is 0 Å². The number of halogens is 1. The molecule has 0 aliphatic carbocycles. The number of benzene rings is 3. The maximum atomic E-state index is 6.06. The lowest BCUT2D eigenvalue weighted by Crippen LogP contribution is -1.97. The Bertz CT molecular complexity index is 1100. The largest absolute Gasteiger partial charge is 0.493 e. The quantitative estimate of drug-likeness (QED) is 0.346. The summed E-state index contributed by atoms with van der Waals surface area (Å²) in [4.78, 5) is 0. The summed E-state index contributed by atoms with van der Waals surface area (Å²) in [5, 5.41) is 0.963. The minimum atomic E-state index is 0.479. The van der Waals surface area contributed by atoms with E-state index in [0.29, 0.717) is 29.4 Å². The topological polar surface area (TPSA) is 40.8 Å². The molecular weight excluding hydrogens is 420 g/mol. The van der Waals surface area contributed by atoms with Crippen LogP contribution in [-0.4, -0.2) is 14.2 Å². The van der Waals surface area contributed by atoms with Crippen molar-refractivity contribution in [2.24, 2.45) is 0 Å². The number of ether oxygens (including phenoxy) is 3. The number of rotatable bonds is 6. The molecule has 0 aliphatic heterocycles. The van der Waals surface area contributed by atoms with Crippen LogP contribution in [0.15, 0.2) is 75.6 Å². The second-order valence-corrected chi connectivity index (χ2v) is 7.19. The highest BCUT2D eigenvalue weighted by atomic mass is 79.9. The molecule has 0 radical (unpaired) electrons. The van der Waals surface area contributed by atoms with Gasteiger partial charge in [0.15, 0.2) is 22.8 Å². The fourth-order valence-electron chi connectivity index (χ4n) is 3.06. The van der Waals surface area contributed by atoms with Gasteiger partial charge in [-0.05, 0) is 42.0 Å². The van der Waals surface area contributed by atoms with Crippen LogP contribution in [0.4, 0.5) is 0 Å². The predicted molar refractivity (Wildman–Crippen MR) is 113 cm³/mol. The summed E-state index contributed by atoms with van der Waals surface area (Å²) in [6.45, 7) is 0.479. The van der Waals surface area contributed by atoms with Gasteiger partial charge in [0.1, 0.15) is 12.4 Å². The average molecular weight is 439 g/mol. The maximum Gasteiger partial charge on any atom is 0.176 e. The maximum absolute atomic E-state index is 6.06. The molecule has 4 rings (SSSR count). The highest BCUT2D eigenvalue weighted by molar-refractivity contribution is 9.10. The second kappa shape index (κ2) is 7.98. The Morgan fingerprint density at radius 2 is 1.61 bits per heavy atom. The van der Waals surface area contributed by atoms with E-state index in [2.05, 4.69) is 15.9 Å². The first kappa shape index (κ1) is 18.4. The van der Waals surface area contributed by atoms with Gasteiger partial charge in [0.05, 0.1) is 14.2 Å². The van der Waals surface area contributed by atoms with Gasteiger partial charge in [0.25, 0.3) is 0 Å². The zero-order chi connectivity index (χ0) is 19.5. The number of methoxy groups -OCH3 is 2. The van der Waals surface area contributed by atoms with Crippen molar-refractivity contribution in [1.82, 2.24) is 0 Å². The number of hydrogen-bond acceptors (Lipinski definition) is 4. The molecule has 0 unspecified atom stereocenters. The summed E-state index contributed by atoms with van der Waals surface area (Å²) in [5.74, 6) is 2.76. The molecule has 0 bridgehead atoms. The van der Waals surface area contributed by atoms with E-state index in [4.69, 9.17) is 18.6 Å². The molecule has 4 nitrogen and oxygen atoms in total. The summed E-state index contributed by atoms with van der Waals surface area (Å²) < 4.78 is 23.9. The van der Waals surface area contributed by atoms with Crippen LogP contribution in [0, 0.1) is 0 Å². The van der Waals surface area contributed by atoms with Crippen LogP contribution in [0.5, 0.6) is 17.2 Å². The van der Waals surface area contributed by atoms with Gasteiger partial charge in [-0.1, -0.05) is 46.3 Å². The highest BCUT2D eigenvalue weighted by Crippen LogP contribution is 2.38. The van der Waals surface area contributed by atoms with Crippen LogP contribution in [0.3, 0.4) is 0 Å². The molecule has 0 fully saturated rings. The van der Waals surface area contributed by atoms with Crippen LogP contribution < -0.4 is 14.2 Å². The van der Waals surface area contributed by atoms with Crippen molar-refractivity contribution in [2.45, 2.75) is 6.61 Å². The van der Waals surface area contributed by atoms with Crippen molar-refractivity contribution in [2.75, 3.05) is 14.2 Å². The smallest absolute Gasteiger partial charge is 0.176 e. The van der Waals surface area contributed by atoms with Crippen LogP contribution in [0.2, 0.25) is 0 Å². The Balaban J connectivity index is 1.64. The van der Waals surface area contributed by atoms with Crippen molar-refractivity contribution < 1.29 is 18.6 Å². The SMILES string of the molecule is COc1cc(-c2cc3cc(Br)cc(OC)c3o2)ccc1OCc1ccccc1. The monoisotopic (exact) mass is 438 g/mol. The van der Waals surface area contributed by atoms with Crippen molar-refractivity contribution in [3.8, 4) is 28.6 Å². The van der Waals surface area contributed by atoms with E-state index >= 15 is 0 Å². The zero-order valence-corrected chi connectivity index (χ0v) is 17.2. The van der Waals surface area contributed by atoms with Gasteiger partial charge in [-0.25, -0.2) is 0 Å². The van der Waals surface area contributed by atoms with E-state index in [9.17, 15) is 0 Å². The van der Waals surface area contributed by atoms with Gasteiger partial charge >= 0.3 is 0 Å². The third-order valence-corrected chi connectivity index (χ3v) is 4.91. The van der Waals surface area contributed by atoms with E-state index in [1.807, 2.05) is 66.7 Å². The summed E-state index contributed by atoms with van der Waals surface area (Å²) in [5.41, 5.74) is 2.71. The van der Waals surface area contributed by atoms with Crippen molar-refractivity contribution in [1.29, 1.82) is 0 Å². The molecular formula is C23H19BrO4. The summed E-state index contributed by atoms with van der Waals surface area (Å²) in [7, 11) is 3.26. The van der Waals surface area contributed by atoms with Gasteiger partial charge < -0.3 is 18.6 Å². The van der Waals surface area contributed by atoms with Gasteiger partial charge in [-0.2, -0.15) is 0 Å². The van der Waals surface area contributed by atoms with Gasteiger partial charge in [-0.15, -0.1) is 0 Å². The van der Waals surface area contributed by atoms with E-state index in [1.165, 1.54) is 0 Å². The molecule has 142 valence electrons. The van der Waals surface area contributed by atoms with Crippen LogP contribution in [0.1, 0.15) is 5.56 Å². The summed E-state index contributed by atoms with van der Waals surface area (Å²) in [6.07, 6.45) is 0. The first-order valence-corrected chi connectivity index (χ1v) is 9.59. The number of fused-ring (bicyclic) bond motifs is 1. The average Bonchev–Trinajstić information content (AvgIpc) is 3.16. The molecule has 0 atom stereocenters. The fourth-order valence-corrected chi connectivity index (χ4v) is 3.51. The lowest BCUT2D eigenvalue weighted by atomic mass is 10.1. The summed E-state index contributed by atoms with van der Waals surface area (Å²) in [6, 6.07) is 21.7. The molecule has 0 saturated carbocycles. The third kappa shape index (κ3) is 3.71.